The van der Waals surface area contributed by atoms with Crippen molar-refractivity contribution in [3.05, 3.63) is 48.2 Å². The molecule has 0 atom stereocenters. The van der Waals surface area contributed by atoms with Crippen molar-refractivity contribution < 1.29 is 4.79 Å². The first-order valence-electron chi connectivity index (χ1n) is 7.58. The molecule has 2 aromatic heterocycles. The number of likely N-dealkylation sites (tertiary alicyclic amines) is 1. The zero-order chi connectivity index (χ0) is 14.9. The SMILES string of the molecule is O=C(Nc1ccccn1)N1CC(c2ncc(C3CC3)cn2)C1. The van der Waals surface area contributed by atoms with Gasteiger partial charge in [-0.3, -0.25) is 5.32 Å². The molecule has 0 spiro atoms. The van der Waals surface area contributed by atoms with E-state index in [9.17, 15) is 4.79 Å². The highest BCUT2D eigenvalue weighted by Gasteiger charge is 2.34. The molecule has 2 amide bonds. The number of carbonyl (C=O) groups is 1. The number of nitrogens with one attached hydrogen (secondary N) is 1. The highest BCUT2D eigenvalue weighted by molar-refractivity contribution is 5.88. The van der Waals surface area contributed by atoms with E-state index in [4.69, 9.17) is 0 Å². The van der Waals surface area contributed by atoms with Crippen molar-refractivity contribution in [1.29, 1.82) is 0 Å². The van der Waals surface area contributed by atoms with Crippen molar-refractivity contribution in [2.24, 2.45) is 0 Å². The van der Waals surface area contributed by atoms with Gasteiger partial charge in [-0.1, -0.05) is 6.07 Å². The lowest BCUT2D eigenvalue weighted by Gasteiger charge is -2.37. The lowest BCUT2D eigenvalue weighted by molar-refractivity contribution is 0.160. The van der Waals surface area contributed by atoms with E-state index in [1.807, 2.05) is 24.5 Å². The Morgan fingerprint density at radius 1 is 1.09 bits per heavy atom. The standard InChI is InChI=1S/C16H17N5O/c22-16(20-14-3-1-2-6-17-14)21-9-13(10-21)15-18-7-12(8-19-15)11-4-5-11/h1-3,6-8,11,13H,4-5,9-10H2,(H,17,20,22). The summed E-state index contributed by atoms with van der Waals surface area (Å²) in [6.07, 6.45) is 8.05. The van der Waals surface area contributed by atoms with Crippen molar-refractivity contribution in [3.8, 4) is 0 Å². The van der Waals surface area contributed by atoms with Gasteiger partial charge in [0.2, 0.25) is 0 Å². The number of aromatic nitrogens is 3. The molecule has 2 aromatic rings. The molecule has 1 N–H and O–H groups in total. The topological polar surface area (TPSA) is 71.0 Å². The predicted molar refractivity (Wildman–Crippen MR) is 81.6 cm³/mol. The van der Waals surface area contributed by atoms with E-state index in [1.165, 1.54) is 18.4 Å². The maximum atomic E-state index is 12.1. The van der Waals surface area contributed by atoms with E-state index in [1.54, 1.807) is 17.2 Å². The number of anilines is 1. The van der Waals surface area contributed by atoms with Crippen LogP contribution in [-0.2, 0) is 0 Å². The van der Waals surface area contributed by atoms with Gasteiger partial charge in [0.25, 0.3) is 0 Å². The summed E-state index contributed by atoms with van der Waals surface area (Å²) in [6, 6.07) is 5.31. The molecule has 0 aromatic carbocycles. The van der Waals surface area contributed by atoms with Crippen LogP contribution in [0.5, 0.6) is 0 Å². The average molecular weight is 295 g/mol. The molecule has 6 heteroatoms. The maximum absolute atomic E-state index is 12.1. The Hall–Kier alpha value is -2.50. The Kier molecular flexibility index (Phi) is 3.21. The molecule has 4 rings (SSSR count). The Morgan fingerprint density at radius 2 is 1.86 bits per heavy atom. The fraction of sp³-hybridized carbons (Fsp3) is 0.375. The lowest BCUT2D eigenvalue weighted by atomic mass is 9.99. The van der Waals surface area contributed by atoms with Gasteiger partial charge in [-0.25, -0.2) is 19.7 Å². The van der Waals surface area contributed by atoms with Crippen LogP contribution in [0.25, 0.3) is 0 Å². The van der Waals surface area contributed by atoms with Crippen molar-refractivity contribution in [3.63, 3.8) is 0 Å². The third kappa shape index (κ3) is 2.64. The van der Waals surface area contributed by atoms with Crippen LogP contribution in [0.15, 0.2) is 36.8 Å². The number of hydrogen-bond acceptors (Lipinski definition) is 4. The second kappa shape index (κ2) is 5.36. The monoisotopic (exact) mass is 295 g/mol. The van der Waals surface area contributed by atoms with Gasteiger partial charge in [-0.15, -0.1) is 0 Å². The lowest BCUT2D eigenvalue weighted by Crippen LogP contribution is -2.50. The molecule has 22 heavy (non-hydrogen) atoms. The minimum Gasteiger partial charge on any atom is -0.323 e. The maximum Gasteiger partial charge on any atom is 0.323 e. The van der Waals surface area contributed by atoms with E-state index in [0.717, 1.165) is 5.82 Å². The Labute approximate surface area is 128 Å². The van der Waals surface area contributed by atoms with Crippen LogP contribution >= 0.6 is 0 Å². The molecule has 0 bridgehead atoms. The smallest absolute Gasteiger partial charge is 0.323 e. The summed E-state index contributed by atoms with van der Waals surface area (Å²) >= 11 is 0. The molecule has 0 radical (unpaired) electrons. The highest BCUT2D eigenvalue weighted by atomic mass is 16.2. The number of pyridine rings is 1. The summed E-state index contributed by atoms with van der Waals surface area (Å²) in [6.45, 7) is 1.31. The summed E-state index contributed by atoms with van der Waals surface area (Å²) in [5, 5.41) is 2.78. The molecule has 1 aliphatic carbocycles. The highest BCUT2D eigenvalue weighted by Crippen LogP contribution is 2.39. The molecular weight excluding hydrogens is 278 g/mol. The zero-order valence-corrected chi connectivity index (χ0v) is 12.1. The average Bonchev–Trinajstić information content (AvgIpc) is 3.32. The molecule has 1 aliphatic heterocycles. The number of amides is 2. The van der Waals surface area contributed by atoms with Gasteiger partial charge >= 0.3 is 6.03 Å². The molecule has 6 nitrogen and oxygen atoms in total. The summed E-state index contributed by atoms with van der Waals surface area (Å²) in [5.74, 6) is 2.33. The van der Waals surface area contributed by atoms with Gasteiger partial charge in [0, 0.05) is 31.7 Å². The Morgan fingerprint density at radius 3 is 2.50 bits per heavy atom. The molecule has 2 fully saturated rings. The van der Waals surface area contributed by atoms with Crippen molar-refractivity contribution in [2.45, 2.75) is 24.7 Å². The summed E-state index contributed by atoms with van der Waals surface area (Å²) in [4.78, 5) is 26.8. The second-order valence-corrected chi connectivity index (χ2v) is 5.90. The number of carbonyl (C=O) groups excluding carboxylic acids is 1. The van der Waals surface area contributed by atoms with E-state index in [0.29, 0.717) is 24.8 Å². The zero-order valence-electron chi connectivity index (χ0n) is 12.1. The fourth-order valence-corrected chi connectivity index (χ4v) is 2.62. The summed E-state index contributed by atoms with van der Waals surface area (Å²) in [7, 11) is 0. The van der Waals surface area contributed by atoms with E-state index >= 15 is 0 Å². The number of hydrogen-bond donors (Lipinski definition) is 1. The molecular formula is C16H17N5O. The van der Waals surface area contributed by atoms with E-state index in [-0.39, 0.29) is 11.9 Å². The predicted octanol–water partition coefficient (Wildman–Crippen LogP) is 2.38. The van der Waals surface area contributed by atoms with Gasteiger partial charge < -0.3 is 4.90 Å². The minimum atomic E-state index is -0.121. The molecule has 112 valence electrons. The van der Waals surface area contributed by atoms with E-state index < -0.39 is 0 Å². The van der Waals surface area contributed by atoms with Crippen molar-refractivity contribution >= 4 is 11.8 Å². The first-order valence-corrected chi connectivity index (χ1v) is 7.58. The third-order valence-corrected chi connectivity index (χ3v) is 4.17. The number of urea groups is 1. The van der Waals surface area contributed by atoms with Crippen LogP contribution in [0.1, 0.15) is 36.1 Å². The van der Waals surface area contributed by atoms with Crippen LogP contribution in [0.3, 0.4) is 0 Å². The summed E-state index contributed by atoms with van der Waals surface area (Å²) < 4.78 is 0. The van der Waals surface area contributed by atoms with Crippen LogP contribution < -0.4 is 5.32 Å². The van der Waals surface area contributed by atoms with Crippen LogP contribution in [0, 0.1) is 0 Å². The Balaban J connectivity index is 1.32. The van der Waals surface area contributed by atoms with E-state index in [2.05, 4.69) is 20.3 Å². The van der Waals surface area contributed by atoms with Gasteiger partial charge in [0.1, 0.15) is 11.6 Å². The van der Waals surface area contributed by atoms with Gasteiger partial charge in [-0.2, -0.15) is 0 Å². The van der Waals surface area contributed by atoms with Gasteiger partial charge in [0.15, 0.2) is 0 Å². The molecule has 0 unspecified atom stereocenters. The van der Waals surface area contributed by atoms with Gasteiger partial charge in [0.05, 0.1) is 5.92 Å². The largest absolute Gasteiger partial charge is 0.323 e. The van der Waals surface area contributed by atoms with Crippen LogP contribution in [-0.4, -0.2) is 39.0 Å². The second-order valence-electron chi connectivity index (χ2n) is 5.90. The van der Waals surface area contributed by atoms with Crippen molar-refractivity contribution in [1.82, 2.24) is 19.9 Å². The van der Waals surface area contributed by atoms with Gasteiger partial charge in [-0.05, 0) is 36.5 Å². The molecule has 2 aliphatic rings. The molecule has 1 saturated heterocycles. The van der Waals surface area contributed by atoms with Crippen LogP contribution in [0.2, 0.25) is 0 Å². The molecule has 1 saturated carbocycles. The molecule has 3 heterocycles. The fourth-order valence-electron chi connectivity index (χ4n) is 2.62. The Bertz CT molecular complexity index is 663. The number of rotatable bonds is 3. The van der Waals surface area contributed by atoms with Crippen LogP contribution in [0.4, 0.5) is 10.6 Å². The summed E-state index contributed by atoms with van der Waals surface area (Å²) in [5.41, 5.74) is 1.24. The quantitative estimate of drug-likeness (QED) is 0.943. The van der Waals surface area contributed by atoms with Crippen molar-refractivity contribution in [2.75, 3.05) is 18.4 Å². The normalized spacial score (nSPS) is 17.9. The number of nitrogens with zero attached hydrogens (tertiary/aromatic N) is 4. The first-order chi connectivity index (χ1) is 10.8. The minimum absolute atomic E-state index is 0.121. The third-order valence-electron chi connectivity index (χ3n) is 4.17. The first kappa shape index (κ1) is 13.2.